The van der Waals surface area contributed by atoms with Crippen LogP contribution in [0.3, 0.4) is 0 Å². The van der Waals surface area contributed by atoms with Crippen molar-refractivity contribution >= 4 is 28.9 Å². The Morgan fingerprint density at radius 3 is 2.62 bits per heavy atom. The largest absolute Gasteiger partial charge is 0.466 e. The lowest BCUT2D eigenvalue weighted by Crippen LogP contribution is -2.37. The van der Waals surface area contributed by atoms with Gasteiger partial charge in [-0.25, -0.2) is 0 Å². The van der Waals surface area contributed by atoms with Crippen molar-refractivity contribution in [3.63, 3.8) is 0 Å². The summed E-state index contributed by atoms with van der Waals surface area (Å²) < 4.78 is 5.28. The molecule has 0 fully saturated rings. The number of nitrogens with zero attached hydrogens (tertiary/aromatic N) is 2. The Bertz CT molecular complexity index is 900. The van der Waals surface area contributed by atoms with E-state index < -0.39 is 0 Å². The molecule has 29 heavy (non-hydrogen) atoms. The Labute approximate surface area is 178 Å². The van der Waals surface area contributed by atoms with Crippen molar-refractivity contribution in [1.82, 2.24) is 5.12 Å². The number of hydrogen-bond donors (Lipinski definition) is 1. The number of carbonyl (C=O) groups is 1. The summed E-state index contributed by atoms with van der Waals surface area (Å²) in [6.07, 6.45) is 0.297. The quantitative estimate of drug-likeness (QED) is 0.501. The molecule has 2 aromatic carbocycles. The van der Waals surface area contributed by atoms with Crippen LogP contribution in [-0.2, 0) is 15.4 Å². The third-order valence-corrected chi connectivity index (χ3v) is 5.96. The van der Waals surface area contributed by atoms with Crippen molar-refractivity contribution in [3.05, 3.63) is 58.1 Å². The van der Waals surface area contributed by atoms with Gasteiger partial charge in [-0.15, -0.1) is 16.7 Å². The summed E-state index contributed by atoms with van der Waals surface area (Å²) in [5, 5.41) is 4.18. The molecule has 0 bridgehead atoms. The highest BCUT2D eigenvalue weighted by Crippen LogP contribution is 2.42. The van der Waals surface area contributed by atoms with E-state index in [1.807, 2.05) is 19.1 Å². The van der Waals surface area contributed by atoms with Gasteiger partial charge < -0.3 is 4.74 Å². The minimum atomic E-state index is -0.189. The third kappa shape index (κ3) is 4.21. The summed E-state index contributed by atoms with van der Waals surface area (Å²) in [6.45, 7) is 9.39. The Hall–Kier alpha value is -2.24. The van der Waals surface area contributed by atoms with Crippen LogP contribution in [0.15, 0.2) is 30.3 Å². The third-order valence-electron chi connectivity index (χ3n) is 5.67. The summed E-state index contributed by atoms with van der Waals surface area (Å²) in [5.74, 6) is 0.169. The molecule has 0 aromatic heterocycles. The molecular weight excluding hydrogens is 386 g/mol. The number of alkyl halides is 1. The fourth-order valence-electron chi connectivity index (χ4n) is 4.06. The van der Waals surface area contributed by atoms with Crippen LogP contribution in [0, 0.1) is 13.8 Å². The fraction of sp³-hybridized carbons (Fsp3) is 0.435. The van der Waals surface area contributed by atoms with Gasteiger partial charge in [-0.1, -0.05) is 24.3 Å². The highest BCUT2D eigenvalue weighted by Gasteiger charge is 2.29. The number of hydrazine groups is 2. The fourth-order valence-corrected chi connectivity index (χ4v) is 4.35. The number of nitrogens with one attached hydrogen (secondary N) is 1. The van der Waals surface area contributed by atoms with E-state index in [-0.39, 0.29) is 11.9 Å². The maximum absolute atomic E-state index is 12.4. The second-order valence-corrected chi connectivity index (χ2v) is 7.67. The van der Waals surface area contributed by atoms with Gasteiger partial charge in [0.05, 0.1) is 24.4 Å². The van der Waals surface area contributed by atoms with Crippen molar-refractivity contribution < 1.29 is 9.53 Å². The van der Waals surface area contributed by atoms with E-state index in [1.165, 1.54) is 0 Å². The van der Waals surface area contributed by atoms with Crippen LogP contribution < -0.4 is 10.4 Å². The highest BCUT2D eigenvalue weighted by molar-refractivity contribution is 6.17. The number of fused-ring (bicyclic) bond motifs is 1. The zero-order valence-electron chi connectivity index (χ0n) is 17.9. The van der Waals surface area contributed by atoms with Crippen LogP contribution in [-0.4, -0.2) is 31.3 Å². The monoisotopic (exact) mass is 415 g/mol. The van der Waals surface area contributed by atoms with E-state index in [1.54, 1.807) is 0 Å². The minimum Gasteiger partial charge on any atom is -0.466 e. The molecule has 0 aliphatic carbocycles. The molecule has 0 saturated carbocycles. The molecule has 0 saturated heterocycles. The molecule has 3 rings (SSSR count). The molecule has 1 N–H and O–H groups in total. The number of anilines is 2. The molecule has 0 amide bonds. The van der Waals surface area contributed by atoms with E-state index in [0.717, 1.165) is 45.7 Å². The predicted octanol–water partition coefficient (Wildman–Crippen LogP) is 5.14. The maximum atomic E-state index is 12.4. The number of ether oxygens (including phenoxy) is 1. The summed E-state index contributed by atoms with van der Waals surface area (Å²) in [7, 11) is 2.01. The van der Waals surface area contributed by atoms with Gasteiger partial charge in [0.1, 0.15) is 0 Å². The van der Waals surface area contributed by atoms with Crippen molar-refractivity contribution in [3.8, 4) is 0 Å². The van der Waals surface area contributed by atoms with Gasteiger partial charge in [-0.05, 0) is 61.6 Å². The highest BCUT2D eigenvalue weighted by atomic mass is 35.5. The first kappa shape index (κ1) is 21.5. The summed E-state index contributed by atoms with van der Waals surface area (Å²) in [6, 6.07) is 10.6. The van der Waals surface area contributed by atoms with Crippen molar-refractivity contribution in [2.45, 2.75) is 45.9 Å². The van der Waals surface area contributed by atoms with E-state index >= 15 is 0 Å². The summed E-state index contributed by atoms with van der Waals surface area (Å²) >= 11 is 6.15. The molecule has 0 spiro atoms. The molecule has 0 radical (unpaired) electrons. The summed E-state index contributed by atoms with van der Waals surface area (Å²) in [5.41, 5.74) is 11.3. The van der Waals surface area contributed by atoms with Gasteiger partial charge in [0.2, 0.25) is 0 Å². The van der Waals surface area contributed by atoms with Gasteiger partial charge in [-0.2, -0.15) is 0 Å². The average molecular weight is 416 g/mol. The lowest BCUT2D eigenvalue weighted by molar-refractivity contribution is -0.143. The standard InChI is InChI=1S/C23H30ClN3O2/c1-6-27-21-11-10-19(16(4)23(21)25-26(27)5)20(13-22(28)29-7-2)17-9-8-15(3)18(12-17)14-24/h8-12,20,25H,6-7,13-14H2,1-5H3/t20-/m0/s1. The van der Waals surface area contributed by atoms with Crippen LogP contribution in [0.2, 0.25) is 0 Å². The van der Waals surface area contributed by atoms with Gasteiger partial charge >= 0.3 is 5.97 Å². The second-order valence-electron chi connectivity index (χ2n) is 7.41. The molecule has 156 valence electrons. The van der Waals surface area contributed by atoms with Crippen LogP contribution in [0.4, 0.5) is 11.4 Å². The molecule has 1 heterocycles. The second kappa shape index (κ2) is 9.06. The molecule has 1 aliphatic rings. The topological polar surface area (TPSA) is 44.8 Å². The number of carbonyl (C=O) groups excluding carboxylic acids is 1. The van der Waals surface area contributed by atoms with Crippen LogP contribution >= 0.6 is 11.6 Å². The lowest BCUT2D eigenvalue weighted by atomic mass is 9.84. The molecular formula is C23H30ClN3O2. The molecule has 0 unspecified atom stereocenters. The average Bonchev–Trinajstić information content (AvgIpc) is 3.03. The Morgan fingerprint density at radius 1 is 1.21 bits per heavy atom. The van der Waals surface area contributed by atoms with E-state index in [4.69, 9.17) is 16.3 Å². The maximum Gasteiger partial charge on any atom is 0.306 e. The van der Waals surface area contributed by atoms with E-state index in [2.05, 4.69) is 61.5 Å². The first-order chi connectivity index (χ1) is 13.9. The molecule has 1 aliphatic heterocycles. The van der Waals surface area contributed by atoms with Crippen LogP contribution in [0.5, 0.6) is 0 Å². The molecule has 6 heteroatoms. The molecule has 5 nitrogen and oxygen atoms in total. The van der Waals surface area contributed by atoms with Gasteiger partial charge in [-0.3, -0.25) is 15.2 Å². The van der Waals surface area contributed by atoms with Crippen molar-refractivity contribution in [2.24, 2.45) is 0 Å². The SMILES string of the molecule is CCOC(=O)C[C@@H](c1ccc(C)c(CCl)c1)c1ccc2c(c1C)NN(C)N2CC. The van der Waals surface area contributed by atoms with E-state index in [9.17, 15) is 4.79 Å². The smallest absolute Gasteiger partial charge is 0.306 e. The van der Waals surface area contributed by atoms with Gasteiger partial charge in [0, 0.05) is 25.4 Å². The lowest BCUT2D eigenvalue weighted by Gasteiger charge is -2.24. The molecule has 2 aromatic rings. The molecule has 1 atom stereocenters. The normalized spacial score (nSPS) is 14.5. The minimum absolute atomic E-state index is 0.0929. The first-order valence-corrected chi connectivity index (χ1v) is 10.7. The van der Waals surface area contributed by atoms with Crippen LogP contribution in [0.25, 0.3) is 0 Å². The number of esters is 1. The summed E-state index contributed by atoms with van der Waals surface area (Å²) in [4.78, 5) is 12.4. The van der Waals surface area contributed by atoms with Gasteiger partial charge in [0.25, 0.3) is 0 Å². The Kier molecular flexibility index (Phi) is 6.70. The van der Waals surface area contributed by atoms with Crippen molar-refractivity contribution in [2.75, 3.05) is 30.6 Å². The number of benzene rings is 2. The number of hydrogen-bond acceptors (Lipinski definition) is 5. The van der Waals surface area contributed by atoms with E-state index in [0.29, 0.717) is 18.9 Å². The zero-order valence-corrected chi connectivity index (χ0v) is 18.6. The Balaban J connectivity index is 2.08. The number of rotatable bonds is 7. The predicted molar refractivity (Wildman–Crippen MR) is 119 cm³/mol. The van der Waals surface area contributed by atoms with Crippen LogP contribution in [0.1, 0.15) is 54.0 Å². The first-order valence-electron chi connectivity index (χ1n) is 10.1. The number of halogens is 1. The van der Waals surface area contributed by atoms with Gasteiger partial charge in [0.15, 0.2) is 0 Å². The number of aryl methyl sites for hydroxylation is 1. The zero-order chi connectivity index (χ0) is 21.1. The Morgan fingerprint density at radius 2 is 1.97 bits per heavy atom. The van der Waals surface area contributed by atoms with Crippen molar-refractivity contribution in [1.29, 1.82) is 0 Å².